The van der Waals surface area contributed by atoms with E-state index in [1.54, 1.807) is 12.0 Å². The Bertz CT molecular complexity index is 1180. The van der Waals surface area contributed by atoms with Crippen LogP contribution in [-0.2, 0) is 15.9 Å². The van der Waals surface area contributed by atoms with Crippen molar-refractivity contribution in [2.75, 3.05) is 44.9 Å². The van der Waals surface area contributed by atoms with Crippen molar-refractivity contribution in [3.8, 4) is 0 Å². The topological polar surface area (TPSA) is 92.4 Å². The second kappa shape index (κ2) is 8.53. The fourth-order valence-corrected chi connectivity index (χ4v) is 6.63. The van der Waals surface area contributed by atoms with Crippen molar-refractivity contribution >= 4 is 28.8 Å². The predicted molar refractivity (Wildman–Crippen MR) is 129 cm³/mol. The van der Waals surface area contributed by atoms with Crippen molar-refractivity contribution in [1.82, 2.24) is 15.4 Å². The number of aromatic nitrogens is 1. The SMILES string of the molecule is COC1CCN(C(=O)c2noc3c(F)c4c(cc23)CC2(C=NCNC2)[C@@H]2[C@@H](C)O[C@@H](C)CN42)CC1. The molecule has 1 aromatic carbocycles. The van der Waals surface area contributed by atoms with E-state index in [-0.39, 0.29) is 47.0 Å². The number of nitrogens with zero attached hydrogens (tertiary/aromatic N) is 4. The average Bonchev–Trinajstić information content (AvgIpc) is 3.27. The van der Waals surface area contributed by atoms with Crippen molar-refractivity contribution in [2.45, 2.75) is 57.5 Å². The molecule has 0 radical (unpaired) electrons. The smallest absolute Gasteiger partial charge is 0.276 e. The summed E-state index contributed by atoms with van der Waals surface area (Å²) in [6.45, 7) is 7.08. The lowest BCUT2D eigenvalue weighted by Crippen LogP contribution is -2.67. The first kappa shape index (κ1) is 22.9. The van der Waals surface area contributed by atoms with Gasteiger partial charge in [-0.05, 0) is 44.7 Å². The molecular weight excluding hydrogens is 453 g/mol. The van der Waals surface area contributed by atoms with Crippen LogP contribution < -0.4 is 10.2 Å². The van der Waals surface area contributed by atoms with E-state index in [4.69, 9.17) is 14.0 Å². The van der Waals surface area contributed by atoms with E-state index in [2.05, 4.69) is 27.3 Å². The third kappa shape index (κ3) is 3.56. The van der Waals surface area contributed by atoms with Gasteiger partial charge in [0.25, 0.3) is 5.91 Å². The molecule has 10 heteroatoms. The number of rotatable bonds is 2. The van der Waals surface area contributed by atoms with E-state index < -0.39 is 5.82 Å². The third-order valence-corrected chi connectivity index (χ3v) is 8.11. The number of hydrogen-bond acceptors (Lipinski definition) is 8. The Labute approximate surface area is 203 Å². The van der Waals surface area contributed by atoms with E-state index >= 15 is 4.39 Å². The van der Waals surface area contributed by atoms with Crippen molar-refractivity contribution in [3.05, 3.63) is 23.1 Å². The molecule has 1 aromatic heterocycles. The minimum atomic E-state index is -0.455. The molecule has 2 aromatic rings. The number of carbonyl (C=O) groups is 1. The zero-order valence-electron chi connectivity index (χ0n) is 20.4. The molecule has 0 bridgehead atoms. The van der Waals surface area contributed by atoms with Crippen LogP contribution in [0.15, 0.2) is 15.6 Å². The second-order valence-corrected chi connectivity index (χ2v) is 10.4. The highest BCUT2D eigenvalue weighted by molar-refractivity contribution is 6.05. The van der Waals surface area contributed by atoms with Gasteiger partial charge in [0.1, 0.15) is 0 Å². The number of piperidine rings is 1. The number of carbonyl (C=O) groups excluding carboxylic acids is 1. The highest BCUT2D eigenvalue weighted by Gasteiger charge is 2.52. The molecule has 1 unspecified atom stereocenters. The fourth-order valence-electron chi connectivity index (χ4n) is 6.63. The van der Waals surface area contributed by atoms with Crippen molar-refractivity contribution in [3.63, 3.8) is 0 Å². The Morgan fingerprint density at radius 1 is 1.31 bits per heavy atom. The molecule has 35 heavy (non-hydrogen) atoms. The lowest BCUT2D eigenvalue weighted by Gasteiger charge is -2.56. The molecule has 4 aliphatic rings. The van der Waals surface area contributed by atoms with Crippen molar-refractivity contribution < 1.29 is 23.2 Å². The van der Waals surface area contributed by atoms with Gasteiger partial charge in [-0.2, -0.15) is 0 Å². The van der Waals surface area contributed by atoms with Gasteiger partial charge in [0.15, 0.2) is 11.5 Å². The standard InChI is InChI=1S/C25H32FN5O4/c1-14-10-31-21-16(9-25(11-27-13-28-12-25)23(31)15(2)34-14)8-18-20(29-35-22(18)19(21)26)24(32)30-6-4-17(33-3)5-7-30/h8,11,14-15,17,23,28H,4-7,9-10,12-13H2,1-3H3/t14-,15+,23-,25?/m0/s1. The fraction of sp³-hybridized carbons (Fsp3) is 0.640. The molecule has 2 saturated heterocycles. The number of amides is 1. The van der Waals surface area contributed by atoms with Crippen LogP contribution in [0, 0.1) is 11.2 Å². The number of morpholine rings is 1. The summed E-state index contributed by atoms with van der Waals surface area (Å²) in [6, 6.07) is 1.84. The molecule has 1 N–H and O–H groups in total. The Kier molecular flexibility index (Phi) is 5.58. The van der Waals surface area contributed by atoms with Gasteiger partial charge in [-0.3, -0.25) is 15.1 Å². The number of fused-ring (bicyclic) bond motifs is 5. The normalized spacial score (nSPS) is 31.1. The Balaban J connectivity index is 1.43. The van der Waals surface area contributed by atoms with E-state index in [0.29, 0.717) is 43.8 Å². The lowest BCUT2D eigenvalue weighted by molar-refractivity contribution is -0.0522. The zero-order chi connectivity index (χ0) is 24.3. The molecule has 6 rings (SSSR count). The molecule has 0 saturated carbocycles. The van der Waals surface area contributed by atoms with E-state index in [1.165, 1.54) is 0 Å². The predicted octanol–water partition coefficient (Wildman–Crippen LogP) is 2.37. The number of hydrogen-bond donors (Lipinski definition) is 1. The zero-order valence-corrected chi connectivity index (χ0v) is 20.4. The molecule has 1 spiro atoms. The number of halogens is 1. The third-order valence-electron chi connectivity index (χ3n) is 8.11. The molecule has 1 amide bonds. The van der Waals surface area contributed by atoms with E-state index in [9.17, 15) is 4.79 Å². The van der Waals surface area contributed by atoms with Gasteiger partial charge in [0, 0.05) is 44.9 Å². The van der Waals surface area contributed by atoms with Crippen LogP contribution in [0.1, 0.15) is 42.7 Å². The number of likely N-dealkylation sites (tertiary alicyclic amines) is 1. The summed E-state index contributed by atoms with van der Waals surface area (Å²) in [4.78, 5) is 21.8. The minimum absolute atomic E-state index is 0.0378. The number of nitrogens with one attached hydrogen (secondary N) is 1. The van der Waals surface area contributed by atoms with Crippen LogP contribution >= 0.6 is 0 Å². The second-order valence-electron chi connectivity index (χ2n) is 10.4. The number of ether oxygens (including phenoxy) is 2. The minimum Gasteiger partial charge on any atom is -0.381 e. The molecule has 4 atom stereocenters. The van der Waals surface area contributed by atoms with Gasteiger partial charge >= 0.3 is 0 Å². The summed E-state index contributed by atoms with van der Waals surface area (Å²) in [5.74, 6) is -0.681. The molecule has 5 heterocycles. The summed E-state index contributed by atoms with van der Waals surface area (Å²) in [6.07, 6.45) is 4.17. The Morgan fingerprint density at radius 3 is 2.83 bits per heavy atom. The number of methoxy groups -OCH3 is 1. The Morgan fingerprint density at radius 2 is 2.11 bits per heavy atom. The monoisotopic (exact) mass is 485 g/mol. The number of benzene rings is 1. The first-order valence-corrected chi connectivity index (χ1v) is 12.5. The van der Waals surface area contributed by atoms with Gasteiger partial charge in [0.2, 0.25) is 5.58 Å². The molecule has 0 aliphatic carbocycles. The van der Waals surface area contributed by atoms with Crippen LogP contribution in [0.3, 0.4) is 0 Å². The highest BCUT2D eigenvalue weighted by atomic mass is 19.1. The van der Waals surface area contributed by atoms with Crippen LogP contribution in [0.5, 0.6) is 0 Å². The van der Waals surface area contributed by atoms with Crippen molar-refractivity contribution in [1.29, 1.82) is 0 Å². The Hall–Kier alpha value is -2.56. The molecule has 188 valence electrons. The van der Waals surface area contributed by atoms with Gasteiger partial charge in [0.05, 0.1) is 42.1 Å². The molecule has 4 aliphatic heterocycles. The maximum absolute atomic E-state index is 16.1. The summed E-state index contributed by atoms with van der Waals surface area (Å²) in [7, 11) is 1.69. The first-order valence-electron chi connectivity index (χ1n) is 12.5. The average molecular weight is 486 g/mol. The quantitative estimate of drug-likeness (QED) is 0.698. The largest absolute Gasteiger partial charge is 0.381 e. The number of anilines is 1. The van der Waals surface area contributed by atoms with Crippen LogP contribution in [0.4, 0.5) is 10.1 Å². The van der Waals surface area contributed by atoms with Crippen LogP contribution in [0.2, 0.25) is 0 Å². The van der Waals surface area contributed by atoms with Gasteiger partial charge in [-0.25, -0.2) is 4.39 Å². The summed E-state index contributed by atoms with van der Waals surface area (Å²) >= 11 is 0. The lowest BCUT2D eigenvalue weighted by atomic mass is 9.68. The maximum Gasteiger partial charge on any atom is 0.276 e. The summed E-state index contributed by atoms with van der Waals surface area (Å²) in [5, 5.41) is 7.89. The van der Waals surface area contributed by atoms with Gasteiger partial charge in [-0.1, -0.05) is 5.16 Å². The molecule has 9 nitrogen and oxygen atoms in total. The van der Waals surface area contributed by atoms with Crippen molar-refractivity contribution in [2.24, 2.45) is 10.4 Å². The van der Waals surface area contributed by atoms with Gasteiger partial charge in [-0.15, -0.1) is 0 Å². The van der Waals surface area contributed by atoms with Gasteiger partial charge < -0.3 is 23.8 Å². The van der Waals surface area contributed by atoms with E-state index in [1.807, 2.05) is 19.2 Å². The van der Waals surface area contributed by atoms with Crippen LogP contribution in [0.25, 0.3) is 11.0 Å². The summed E-state index contributed by atoms with van der Waals surface area (Å²) in [5.41, 5.74) is 1.25. The maximum atomic E-state index is 16.1. The molecular formula is C25H32FN5O4. The first-order chi connectivity index (χ1) is 16.9. The highest BCUT2D eigenvalue weighted by Crippen LogP contribution is 2.48. The molecule has 2 fully saturated rings. The van der Waals surface area contributed by atoms with E-state index in [0.717, 1.165) is 24.9 Å². The summed E-state index contributed by atoms with van der Waals surface area (Å²) < 4.78 is 33.2. The number of aliphatic imine (C=N–C) groups is 1. The van der Waals surface area contributed by atoms with Crippen LogP contribution in [-0.4, -0.2) is 86.5 Å².